The Morgan fingerprint density at radius 2 is 2.24 bits per heavy atom. The molecule has 3 heteroatoms. The minimum absolute atomic E-state index is 0.292. The molecule has 1 aromatic carbocycles. The van der Waals surface area contributed by atoms with Crippen LogP contribution in [0.15, 0.2) is 18.2 Å². The van der Waals surface area contributed by atoms with Crippen molar-refractivity contribution in [1.29, 1.82) is 0 Å². The van der Waals surface area contributed by atoms with Crippen molar-refractivity contribution in [2.45, 2.75) is 32.6 Å². The maximum atomic E-state index is 11.9. The Labute approximate surface area is 102 Å². The van der Waals surface area contributed by atoms with E-state index in [1.165, 1.54) is 19.3 Å². The van der Waals surface area contributed by atoms with Gasteiger partial charge < -0.3 is 10.5 Å². The van der Waals surface area contributed by atoms with E-state index in [4.69, 9.17) is 10.5 Å². The second-order valence-corrected chi connectivity index (χ2v) is 4.76. The Balaban J connectivity index is 1.90. The minimum Gasteiger partial charge on any atom is -0.462 e. The van der Waals surface area contributed by atoms with Gasteiger partial charge in [0.2, 0.25) is 0 Å². The summed E-state index contributed by atoms with van der Waals surface area (Å²) in [6.07, 6.45) is 4.87. The average molecular weight is 233 g/mol. The highest BCUT2D eigenvalue weighted by Gasteiger charge is 2.19. The van der Waals surface area contributed by atoms with Crippen molar-refractivity contribution in [3.63, 3.8) is 0 Å². The smallest absolute Gasteiger partial charge is 0.340 e. The molecule has 1 saturated carbocycles. The Kier molecular flexibility index (Phi) is 3.67. The zero-order valence-corrected chi connectivity index (χ0v) is 10.2. The second kappa shape index (κ2) is 5.21. The van der Waals surface area contributed by atoms with Crippen LogP contribution in [0.2, 0.25) is 0 Å². The van der Waals surface area contributed by atoms with Crippen molar-refractivity contribution >= 4 is 11.7 Å². The van der Waals surface area contributed by atoms with Gasteiger partial charge in [0.05, 0.1) is 12.2 Å². The van der Waals surface area contributed by atoms with Crippen LogP contribution in [0.1, 0.15) is 41.6 Å². The fourth-order valence-corrected chi connectivity index (χ4v) is 2.14. The summed E-state index contributed by atoms with van der Waals surface area (Å²) >= 11 is 0. The molecule has 0 atom stereocenters. The van der Waals surface area contributed by atoms with Crippen molar-refractivity contribution in [2.75, 3.05) is 12.3 Å². The number of aryl methyl sites for hydroxylation is 1. The van der Waals surface area contributed by atoms with E-state index in [1.54, 1.807) is 6.07 Å². The number of hydrogen-bond donors (Lipinski definition) is 1. The third-order valence-corrected chi connectivity index (χ3v) is 3.49. The standard InChI is InChI=1S/C14H19NO2/c1-10-4-2-7-12(15)13(10)14(16)17-9-8-11-5-3-6-11/h2,4,7,11H,3,5-6,8-9,15H2,1H3. The maximum Gasteiger partial charge on any atom is 0.340 e. The van der Waals surface area contributed by atoms with E-state index in [-0.39, 0.29) is 5.97 Å². The summed E-state index contributed by atoms with van der Waals surface area (Å²) in [5.41, 5.74) is 7.68. The van der Waals surface area contributed by atoms with E-state index < -0.39 is 0 Å². The Bertz CT molecular complexity index is 390. The normalized spacial score (nSPS) is 15.4. The highest BCUT2D eigenvalue weighted by molar-refractivity contribution is 5.96. The number of ether oxygens (including phenoxy) is 1. The van der Waals surface area contributed by atoms with Gasteiger partial charge in [0.1, 0.15) is 0 Å². The molecule has 17 heavy (non-hydrogen) atoms. The van der Waals surface area contributed by atoms with Crippen LogP contribution in [-0.2, 0) is 4.74 Å². The molecule has 0 unspecified atom stereocenters. The average Bonchev–Trinajstić information content (AvgIpc) is 2.21. The van der Waals surface area contributed by atoms with Crippen LogP contribution < -0.4 is 5.73 Å². The molecule has 2 rings (SSSR count). The molecule has 1 aromatic rings. The van der Waals surface area contributed by atoms with Crippen LogP contribution in [-0.4, -0.2) is 12.6 Å². The van der Waals surface area contributed by atoms with Crippen LogP contribution in [0.4, 0.5) is 5.69 Å². The van der Waals surface area contributed by atoms with Gasteiger partial charge in [-0.15, -0.1) is 0 Å². The van der Waals surface area contributed by atoms with Gasteiger partial charge in [-0.1, -0.05) is 31.4 Å². The summed E-state index contributed by atoms with van der Waals surface area (Å²) in [4.78, 5) is 11.9. The predicted octanol–water partition coefficient (Wildman–Crippen LogP) is 2.92. The summed E-state index contributed by atoms with van der Waals surface area (Å²) in [6, 6.07) is 5.45. The molecule has 0 spiro atoms. The van der Waals surface area contributed by atoms with Crippen molar-refractivity contribution in [3.05, 3.63) is 29.3 Å². The molecule has 0 aliphatic heterocycles. The van der Waals surface area contributed by atoms with Gasteiger partial charge in [-0.2, -0.15) is 0 Å². The molecule has 0 saturated heterocycles. The van der Waals surface area contributed by atoms with E-state index in [1.807, 2.05) is 19.1 Å². The fourth-order valence-electron chi connectivity index (χ4n) is 2.14. The first-order valence-corrected chi connectivity index (χ1v) is 6.20. The number of hydrogen-bond acceptors (Lipinski definition) is 3. The highest BCUT2D eigenvalue weighted by Crippen LogP contribution is 2.29. The van der Waals surface area contributed by atoms with Gasteiger partial charge in [-0.05, 0) is 30.9 Å². The first kappa shape index (κ1) is 12.0. The topological polar surface area (TPSA) is 52.3 Å². The number of benzene rings is 1. The number of carbonyl (C=O) groups excluding carboxylic acids is 1. The quantitative estimate of drug-likeness (QED) is 0.642. The number of nitrogens with two attached hydrogens (primary N) is 1. The maximum absolute atomic E-state index is 11.9. The van der Waals surface area contributed by atoms with Gasteiger partial charge in [0.25, 0.3) is 0 Å². The Morgan fingerprint density at radius 3 is 2.82 bits per heavy atom. The summed E-state index contributed by atoms with van der Waals surface area (Å²) in [6.45, 7) is 2.39. The molecule has 1 aliphatic rings. The monoisotopic (exact) mass is 233 g/mol. The van der Waals surface area contributed by atoms with E-state index in [9.17, 15) is 4.79 Å². The lowest BCUT2D eigenvalue weighted by molar-refractivity contribution is 0.0465. The van der Waals surface area contributed by atoms with Gasteiger partial charge in [0, 0.05) is 5.69 Å². The first-order valence-electron chi connectivity index (χ1n) is 6.20. The SMILES string of the molecule is Cc1cccc(N)c1C(=O)OCCC1CCC1. The van der Waals surface area contributed by atoms with Crippen LogP contribution in [0, 0.1) is 12.8 Å². The van der Waals surface area contributed by atoms with Crippen LogP contribution in [0.5, 0.6) is 0 Å². The minimum atomic E-state index is -0.292. The Hall–Kier alpha value is -1.51. The molecule has 1 aliphatic carbocycles. The summed E-state index contributed by atoms with van der Waals surface area (Å²) in [5, 5.41) is 0. The fraction of sp³-hybridized carbons (Fsp3) is 0.500. The van der Waals surface area contributed by atoms with Crippen molar-refractivity contribution < 1.29 is 9.53 Å². The Morgan fingerprint density at radius 1 is 1.47 bits per heavy atom. The van der Waals surface area contributed by atoms with Crippen LogP contribution in [0.25, 0.3) is 0 Å². The molecule has 3 nitrogen and oxygen atoms in total. The lowest BCUT2D eigenvalue weighted by Gasteiger charge is -2.24. The summed E-state index contributed by atoms with van der Waals surface area (Å²) in [5.74, 6) is 0.469. The van der Waals surface area contributed by atoms with Crippen molar-refractivity contribution in [2.24, 2.45) is 5.92 Å². The molecule has 0 amide bonds. The lowest BCUT2D eigenvalue weighted by Crippen LogP contribution is -2.16. The number of carbonyl (C=O) groups is 1. The third-order valence-electron chi connectivity index (χ3n) is 3.49. The van der Waals surface area contributed by atoms with E-state index in [0.717, 1.165) is 17.9 Å². The third kappa shape index (κ3) is 2.78. The summed E-state index contributed by atoms with van der Waals surface area (Å²) < 4.78 is 5.28. The number of esters is 1. The van der Waals surface area contributed by atoms with Crippen molar-refractivity contribution in [3.8, 4) is 0 Å². The number of anilines is 1. The van der Waals surface area contributed by atoms with Gasteiger partial charge in [0.15, 0.2) is 0 Å². The zero-order chi connectivity index (χ0) is 12.3. The molecular weight excluding hydrogens is 214 g/mol. The second-order valence-electron chi connectivity index (χ2n) is 4.76. The molecule has 1 fully saturated rings. The van der Waals surface area contributed by atoms with Crippen molar-refractivity contribution in [1.82, 2.24) is 0 Å². The van der Waals surface area contributed by atoms with Crippen LogP contribution in [0.3, 0.4) is 0 Å². The highest BCUT2D eigenvalue weighted by atomic mass is 16.5. The zero-order valence-electron chi connectivity index (χ0n) is 10.2. The van der Waals surface area contributed by atoms with E-state index in [0.29, 0.717) is 17.9 Å². The first-order chi connectivity index (χ1) is 8.18. The lowest BCUT2D eigenvalue weighted by atomic mass is 9.83. The molecule has 0 bridgehead atoms. The predicted molar refractivity (Wildman–Crippen MR) is 67.8 cm³/mol. The molecule has 0 aromatic heterocycles. The van der Waals surface area contributed by atoms with Gasteiger partial charge in [-0.25, -0.2) is 4.79 Å². The van der Waals surface area contributed by atoms with Gasteiger partial charge >= 0.3 is 5.97 Å². The van der Waals surface area contributed by atoms with E-state index >= 15 is 0 Å². The molecule has 0 radical (unpaired) electrons. The number of rotatable bonds is 4. The van der Waals surface area contributed by atoms with Crippen LogP contribution >= 0.6 is 0 Å². The molecule has 2 N–H and O–H groups in total. The van der Waals surface area contributed by atoms with E-state index in [2.05, 4.69) is 0 Å². The molecule has 92 valence electrons. The largest absolute Gasteiger partial charge is 0.462 e. The number of nitrogen functional groups attached to an aromatic ring is 1. The summed E-state index contributed by atoms with van der Waals surface area (Å²) in [7, 11) is 0. The molecule has 0 heterocycles. The van der Waals surface area contributed by atoms with Gasteiger partial charge in [-0.3, -0.25) is 0 Å². The molecular formula is C14H19NO2.